The molecule has 0 aliphatic carbocycles. The lowest BCUT2D eigenvalue weighted by molar-refractivity contribution is 0.452. The van der Waals surface area contributed by atoms with Gasteiger partial charge in [-0.2, -0.15) is 0 Å². The fourth-order valence-corrected chi connectivity index (χ4v) is 2.32. The number of hydrogen-bond acceptors (Lipinski definition) is 0. The quantitative estimate of drug-likeness (QED) is 0.712. The molecule has 0 radical (unpaired) electrons. The van der Waals surface area contributed by atoms with Gasteiger partial charge in [0.15, 0.2) is 0 Å². The standard InChI is InChI=1S/C17H20/c1-3-17(2,16-12-8-5-9-13-16)14-15-10-6-4-7-11-15/h4-13H,3,14H2,1-2H3/t17-/m1/s1. The lowest BCUT2D eigenvalue weighted by Gasteiger charge is -2.29. The molecule has 2 rings (SSSR count). The third kappa shape index (κ3) is 2.76. The summed E-state index contributed by atoms with van der Waals surface area (Å²) in [7, 11) is 0. The molecule has 0 unspecified atom stereocenters. The number of benzene rings is 2. The summed E-state index contributed by atoms with van der Waals surface area (Å²) >= 11 is 0. The van der Waals surface area contributed by atoms with E-state index in [1.54, 1.807) is 0 Å². The van der Waals surface area contributed by atoms with E-state index in [0.29, 0.717) is 0 Å². The van der Waals surface area contributed by atoms with E-state index in [9.17, 15) is 0 Å². The van der Waals surface area contributed by atoms with Crippen LogP contribution in [0.15, 0.2) is 60.7 Å². The molecular formula is C17H20. The van der Waals surface area contributed by atoms with E-state index in [1.165, 1.54) is 11.1 Å². The summed E-state index contributed by atoms with van der Waals surface area (Å²) in [6, 6.07) is 21.6. The van der Waals surface area contributed by atoms with Crippen molar-refractivity contribution in [3.05, 3.63) is 71.8 Å². The minimum atomic E-state index is 0.239. The summed E-state index contributed by atoms with van der Waals surface area (Å²) in [5.41, 5.74) is 3.09. The molecule has 1 atom stereocenters. The first kappa shape index (κ1) is 11.9. The summed E-state index contributed by atoms with van der Waals surface area (Å²) in [6.45, 7) is 4.63. The van der Waals surface area contributed by atoms with E-state index < -0.39 is 0 Å². The van der Waals surface area contributed by atoms with Crippen LogP contribution in [0.5, 0.6) is 0 Å². The van der Waals surface area contributed by atoms with Gasteiger partial charge in [0.05, 0.1) is 0 Å². The van der Waals surface area contributed by atoms with E-state index in [1.807, 2.05) is 0 Å². The highest BCUT2D eigenvalue weighted by molar-refractivity contribution is 5.28. The van der Waals surface area contributed by atoms with Gasteiger partial charge in [-0.1, -0.05) is 74.5 Å². The van der Waals surface area contributed by atoms with Crippen LogP contribution in [0, 0.1) is 0 Å². The van der Waals surface area contributed by atoms with Crippen LogP contribution in [0.4, 0.5) is 0 Å². The molecule has 0 nitrogen and oxygen atoms in total. The Hall–Kier alpha value is -1.56. The van der Waals surface area contributed by atoms with E-state index in [0.717, 1.165) is 12.8 Å². The summed E-state index contributed by atoms with van der Waals surface area (Å²) in [4.78, 5) is 0. The third-order valence-electron chi connectivity index (χ3n) is 3.69. The molecule has 0 fully saturated rings. The van der Waals surface area contributed by atoms with Crippen molar-refractivity contribution in [2.45, 2.75) is 32.1 Å². The Morgan fingerprint density at radius 3 is 1.88 bits per heavy atom. The van der Waals surface area contributed by atoms with E-state index in [-0.39, 0.29) is 5.41 Å². The van der Waals surface area contributed by atoms with Crippen LogP contribution in [0.1, 0.15) is 31.4 Å². The monoisotopic (exact) mass is 224 g/mol. The first-order valence-electron chi connectivity index (χ1n) is 6.34. The fourth-order valence-electron chi connectivity index (χ4n) is 2.32. The Balaban J connectivity index is 2.27. The van der Waals surface area contributed by atoms with Gasteiger partial charge in [0.2, 0.25) is 0 Å². The lowest BCUT2D eigenvalue weighted by atomic mass is 9.75. The Kier molecular flexibility index (Phi) is 3.63. The molecule has 0 aliphatic rings. The zero-order chi connectivity index (χ0) is 12.1. The van der Waals surface area contributed by atoms with E-state index >= 15 is 0 Å². The number of rotatable bonds is 4. The van der Waals surface area contributed by atoms with Gasteiger partial charge < -0.3 is 0 Å². The van der Waals surface area contributed by atoms with Crippen molar-refractivity contribution in [3.8, 4) is 0 Å². The van der Waals surface area contributed by atoms with Crippen LogP contribution in [0.25, 0.3) is 0 Å². The maximum Gasteiger partial charge on any atom is -0.00375 e. The topological polar surface area (TPSA) is 0 Å². The lowest BCUT2D eigenvalue weighted by Crippen LogP contribution is -2.23. The fraction of sp³-hybridized carbons (Fsp3) is 0.294. The highest BCUT2D eigenvalue weighted by Crippen LogP contribution is 2.31. The minimum Gasteiger partial charge on any atom is -0.0645 e. The van der Waals surface area contributed by atoms with Gasteiger partial charge in [-0.05, 0) is 29.4 Å². The Morgan fingerprint density at radius 2 is 1.35 bits per heavy atom. The molecule has 88 valence electrons. The first-order chi connectivity index (χ1) is 8.24. The highest BCUT2D eigenvalue weighted by atomic mass is 14.3. The van der Waals surface area contributed by atoms with Crippen molar-refractivity contribution < 1.29 is 0 Å². The molecule has 0 amide bonds. The van der Waals surface area contributed by atoms with E-state index in [2.05, 4.69) is 74.5 Å². The highest BCUT2D eigenvalue weighted by Gasteiger charge is 2.24. The van der Waals surface area contributed by atoms with Gasteiger partial charge in [-0.25, -0.2) is 0 Å². The Morgan fingerprint density at radius 1 is 0.824 bits per heavy atom. The van der Waals surface area contributed by atoms with Crippen molar-refractivity contribution in [2.24, 2.45) is 0 Å². The molecule has 0 aromatic heterocycles. The van der Waals surface area contributed by atoms with Crippen LogP contribution >= 0.6 is 0 Å². The minimum absolute atomic E-state index is 0.239. The first-order valence-corrected chi connectivity index (χ1v) is 6.34. The van der Waals surface area contributed by atoms with Crippen molar-refractivity contribution >= 4 is 0 Å². The third-order valence-corrected chi connectivity index (χ3v) is 3.69. The molecule has 17 heavy (non-hydrogen) atoms. The smallest absolute Gasteiger partial charge is 0.00375 e. The predicted octanol–water partition coefficient (Wildman–Crippen LogP) is 4.60. The zero-order valence-electron chi connectivity index (χ0n) is 10.7. The zero-order valence-corrected chi connectivity index (χ0v) is 10.7. The largest absolute Gasteiger partial charge is 0.0645 e. The van der Waals surface area contributed by atoms with Crippen LogP contribution < -0.4 is 0 Å². The van der Waals surface area contributed by atoms with Crippen molar-refractivity contribution in [2.75, 3.05) is 0 Å². The normalized spacial score (nSPS) is 14.2. The van der Waals surface area contributed by atoms with Gasteiger partial charge in [0, 0.05) is 0 Å². The molecule has 0 heterocycles. The average molecular weight is 224 g/mol. The molecule has 0 spiro atoms. The summed E-state index contributed by atoms with van der Waals surface area (Å²) in [5.74, 6) is 0. The molecule has 0 heteroatoms. The van der Waals surface area contributed by atoms with Crippen LogP contribution in [-0.4, -0.2) is 0 Å². The van der Waals surface area contributed by atoms with Gasteiger partial charge in [0.25, 0.3) is 0 Å². The van der Waals surface area contributed by atoms with Crippen molar-refractivity contribution in [1.82, 2.24) is 0 Å². The molecule has 0 saturated heterocycles. The Bertz CT molecular complexity index is 444. The average Bonchev–Trinajstić information content (AvgIpc) is 2.41. The van der Waals surface area contributed by atoms with Crippen LogP contribution in [-0.2, 0) is 11.8 Å². The van der Waals surface area contributed by atoms with Gasteiger partial charge in [-0.15, -0.1) is 0 Å². The molecule has 2 aromatic carbocycles. The molecule has 0 aliphatic heterocycles. The van der Waals surface area contributed by atoms with Crippen LogP contribution in [0.2, 0.25) is 0 Å². The van der Waals surface area contributed by atoms with Gasteiger partial charge in [0.1, 0.15) is 0 Å². The van der Waals surface area contributed by atoms with Crippen LogP contribution in [0.3, 0.4) is 0 Å². The predicted molar refractivity (Wildman–Crippen MR) is 74.2 cm³/mol. The van der Waals surface area contributed by atoms with Crippen molar-refractivity contribution in [3.63, 3.8) is 0 Å². The Labute approximate surface area is 104 Å². The second-order valence-corrected chi connectivity index (χ2v) is 4.94. The molecular weight excluding hydrogens is 204 g/mol. The second-order valence-electron chi connectivity index (χ2n) is 4.94. The van der Waals surface area contributed by atoms with E-state index in [4.69, 9.17) is 0 Å². The summed E-state index contributed by atoms with van der Waals surface area (Å²) < 4.78 is 0. The second kappa shape index (κ2) is 5.18. The maximum atomic E-state index is 2.36. The summed E-state index contributed by atoms with van der Waals surface area (Å²) in [5, 5.41) is 0. The van der Waals surface area contributed by atoms with Gasteiger partial charge in [-0.3, -0.25) is 0 Å². The molecule has 0 bridgehead atoms. The number of hydrogen-bond donors (Lipinski definition) is 0. The maximum absolute atomic E-state index is 2.36. The molecule has 0 N–H and O–H groups in total. The van der Waals surface area contributed by atoms with Crippen molar-refractivity contribution in [1.29, 1.82) is 0 Å². The molecule has 2 aromatic rings. The molecule has 0 saturated carbocycles. The SMILES string of the molecule is CC[C@](C)(Cc1ccccc1)c1ccccc1. The van der Waals surface area contributed by atoms with Gasteiger partial charge >= 0.3 is 0 Å². The summed E-state index contributed by atoms with van der Waals surface area (Å²) in [6.07, 6.45) is 2.26.